The third-order valence-corrected chi connectivity index (χ3v) is 4.97. The predicted molar refractivity (Wildman–Crippen MR) is 104 cm³/mol. The van der Waals surface area contributed by atoms with E-state index in [0.29, 0.717) is 37.4 Å². The Bertz CT molecular complexity index is 832. The van der Waals surface area contributed by atoms with E-state index >= 15 is 0 Å². The van der Waals surface area contributed by atoms with Crippen LogP contribution in [0.4, 0.5) is 0 Å². The first kappa shape index (κ1) is 18.5. The first-order valence-corrected chi connectivity index (χ1v) is 9.27. The molecular formula is C19H21BrN4O2. The summed E-state index contributed by atoms with van der Waals surface area (Å²) in [5.41, 5.74) is 8.40. The lowest BCUT2D eigenvalue weighted by Crippen LogP contribution is -2.50. The van der Waals surface area contributed by atoms with Gasteiger partial charge in [0.1, 0.15) is 0 Å². The fraction of sp³-hybridized carbons (Fsp3) is 0.316. The van der Waals surface area contributed by atoms with Crippen molar-refractivity contribution in [3.05, 3.63) is 52.1 Å². The Morgan fingerprint density at radius 2 is 1.88 bits per heavy atom. The number of hydrogen-bond donors (Lipinski definition) is 1. The minimum Gasteiger partial charge on any atom is -0.369 e. The molecule has 0 unspecified atom stereocenters. The molecule has 1 saturated heterocycles. The molecule has 0 bridgehead atoms. The number of amides is 2. The topological polar surface area (TPSA) is 79.5 Å². The van der Waals surface area contributed by atoms with Gasteiger partial charge in [-0.25, -0.2) is 0 Å². The van der Waals surface area contributed by atoms with E-state index in [1.807, 2.05) is 48.2 Å². The molecule has 1 fully saturated rings. The van der Waals surface area contributed by atoms with Crippen LogP contribution in [0.2, 0.25) is 0 Å². The number of nitrogens with zero attached hydrogens (tertiary/aromatic N) is 3. The van der Waals surface area contributed by atoms with Crippen molar-refractivity contribution in [2.45, 2.75) is 6.92 Å². The fourth-order valence-corrected chi connectivity index (χ4v) is 3.49. The molecule has 0 spiro atoms. The Morgan fingerprint density at radius 3 is 2.50 bits per heavy atom. The van der Waals surface area contributed by atoms with Crippen LogP contribution >= 0.6 is 15.9 Å². The number of benzene rings is 1. The van der Waals surface area contributed by atoms with E-state index in [1.54, 1.807) is 4.90 Å². The molecule has 26 heavy (non-hydrogen) atoms. The summed E-state index contributed by atoms with van der Waals surface area (Å²) in [5.74, 6) is -0.359. The van der Waals surface area contributed by atoms with Crippen LogP contribution in [-0.2, 0) is 4.79 Å². The molecule has 0 atom stereocenters. The number of carbonyl (C=O) groups excluding carboxylic acids is 2. The number of piperazine rings is 1. The Morgan fingerprint density at radius 1 is 1.15 bits per heavy atom. The maximum Gasteiger partial charge on any atom is 0.255 e. The van der Waals surface area contributed by atoms with Crippen molar-refractivity contribution in [3.8, 4) is 11.3 Å². The number of halogens is 1. The molecule has 0 saturated carbocycles. The second-order valence-corrected chi connectivity index (χ2v) is 7.29. The van der Waals surface area contributed by atoms with Crippen LogP contribution in [0.5, 0.6) is 0 Å². The zero-order valence-electron chi connectivity index (χ0n) is 14.6. The number of hydrogen-bond acceptors (Lipinski definition) is 4. The van der Waals surface area contributed by atoms with Gasteiger partial charge in [0.05, 0.1) is 23.5 Å². The van der Waals surface area contributed by atoms with Gasteiger partial charge in [0.25, 0.3) is 5.91 Å². The van der Waals surface area contributed by atoms with Crippen LogP contribution < -0.4 is 5.73 Å². The molecule has 1 aromatic heterocycles. The van der Waals surface area contributed by atoms with E-state index in [2.05, 4.69) is 20.9 Å². The monoisotopic (exact) mass is 416 g/mol. The van der Waals surface area contributed by atoms with Crippen LogP contribution in [0.1, 0.15) is 16.1 Å². The van der Waals surface area contributed by atoms with Crippen molar-refractivity contribution in [1.29, 1.82) is 0 Å². The van der Waals surface area contributed by atoms with E-state index in [9.17, 15) is 9.59 Å². The first-order valence-electron chi connectivity index (χ1n) is 8.47. The van der Waals surface area contributed by atoms with Crippen LogP contribution in [-0.4, -0.2) is 59.3 Å². The highest BCUT2D eigenvalue weighted by Gasteiger charge is 2.24. The standard InChI is InChI=1S/C19H21BrN4O2/c1-13-16(5-6-17(22-13)14-3-2-4-15(20)11-14)19(26)24-9-7-23(8-10-24)12-18(21)25/h2-6,11H,7-10,12H2,1H3,(H2,21,25). The number of pyridine rings is 1. The SMILES string of the molecule is Cc1nc(-c2cccc(Br)c2)ccc1C(=O)N1CCN(CC(N)=O)CC1. The number of rotatable bonds is 4. The minimum absolute atomic E-state index is 0.0190. The van der Waals surface area contributed by atoms with Gasteiger partial charge in [-0.2, -0.15) is 0 Å². The molecule has 2 aromatic rings. The summed E-state index contributed by atoms with van der Waals surface area (Å²) in [6.07, 6.45) is 0. The second-order valence-electron chi connectivity index (χ2n) is 6.37. The lowest BCUT2D eigenvalue weighted by atomic mass is 10.1. The summed E-state index contributed by atoms with van der Waals surface area (Å²) >= 11 is 3.47. The van der Waals surface area contributed by atoms with Crippen molar-refractivity contribution >= 4 is 27.7 Å². The lowest BCUT2D eigenvalue weighted by molar-refractivity contribution is -0.119. The van der Waals surface area contributed by atoms with Gasteiger partial charge in [-0.3, -0.25) is 19.5 Å². The normalized spacial score (nSPS) is 15.1. The molecule has 0 radical (unpaired) electrons. The average molecular weight is 417 g/mol. The van der Waals surface area contributed by atoms with Crippen LogP contribution in [0.3, 0.4) is 0 Å². The Labute approximate surface area is 161 Å². The van der Waals surface area contributed by atoms with Gasteiger partial charge < -0.3 is 10.6 Å². The summed E-state index contributed by atoms with van der Waals surface area (Å²) in [5, 5.41) is 0. The molecule has 0 aliphatic carbocycles. The Kier molecular flexibility index (Phi) is 5.68. The second kappa shape index (κ2) is 7.97. The zero-order chi connectivity index (χ0) is 18.7. The molecule has 1 aliphatic heterocycles. The van der Waals surface area contributed by atoms with Gasteiger partial charge >= 0.3 is 0 Å². The van der Waals surface area contributed by atoms with Crippen molar-refractivity contribution in [1.82, 2.24) is 14.8 Å². The number of carbonyl (C=O) groups is 2. The lowest BCUT2D eigenvalue weighted by Gasteiger charge is -2.34. The Balaban J connectivity index is 1.72. The molecule has 2 amide bonds. The fourth-order valence-electron chi connectivity index (χ4n) is 3.10. The Hall–Kier alpha value is -2.25. The van der Waals surface area contributed by atoms with E-state index < -0.39 is 0 Å². The molecule has 6 nitrogen and oxygen atoms in total. The molecular weight excluding hydrogens is 396 g/mol. The summed E-state index contributed by atoms with van der Waals surface area (Å²) in [4.78, 5) is 32.2. The molecule has 7 heteroatoms. The third-order valence-electron chi connectivity index (χ3n) is 4.48. The highest BCUT2D eigenvalue weighted by molar-refractivity contribution is 9.10. The van der Waals surface area contributed by atoms with E-state index in [4.69, 9.17) is 5.73 Å². The highest BCUT2D eigenvalue weighted by Crippen LogP contribution is 2.23. The third kappa shape index (κ3) is 4.28. The minimum atomic E-state index is -0.340. The predicted octanol–water partition coefficient (Wildman–Crippen LogP) is 2.06. The van der Waals surface area contributed by atoms with Crippen molar-refractivity contribution in [2.24, 2.45) is 5.73 Å². The summed E-state index contributed by atoms with van der Waals surface area (Å²) in [6.45, 7) is 4.56. The maximum atomic E-state index is 12.8. The number of nitrogens with two attached hydrogens (primary N) is 1. The molecule has 1 aromatic carbocycles. The largest absolute Gasteiger partial charge is 0.369 e. The van der Waals surface area contributed by atoms with Crippen LogP contribution in [0.25, 0.3) is 11.3 Å². The van der Waals surface area contributed by atoms with Gasteiger partial charge in [-0.15, -0.1) is 0 Å². The van der Waals surface area contributed by atoms with Crippen molar-refractivity contribution in [3.63, 3.8) is 0 Å². The number of primary amides is 1. The zero-order valence-corrected chi connectivity index (χ0v) is 16.2. The molecule has 136 valence electrons. The quantitative estimate of drug-likeness (QED) is 0.826. The van der Waals surface area contributed by atoms with E-state index in [-0.39, 0.29) is 18.4 Å². The average Bonchev–Trinajstić information content (AvgIpc) is 2.61. The smallest absolute Gasteiger partial charge is 0.255 e. The summed E-state index contributed by atoms with van der Waals surface area (Å²) in [6, 6.07) is 11.6. The van der Waals surface area contributed by atoms with E-state index in [0.717, 1.165) is 15.7 Å². The van der Waals surface area contributed by atoms with Crippen molar-refractivity contribution in [2.75, 3.05) is 32.7 Å². The maximum absolute atomic E-state index is 12.8. The number of aromatic nitrogens is 1. The van der Waals surface area contributed by atoms with Crippen molar-refractivity contribution < 1.29 is 9.59 Å². The molecule has 2 N–H and O–H groups in total. The molecule has 1 aliphatic rings. The molecule has 3 rings (SSSR count). The van der Waals surface area contributed by atoms with E-state index in [1.165, 1.54) is 0 Å². The summed E-state index contributed by atoms with van der Waals surface area (Å²) in [7, 11) is 0. The first-order chi connectivity index (χ1) is 12.4. The number of aryl methyl sites for hydroxylation is 1. The van der Waals surface area contributed by atoms with Crippen LogP contribution in [0.15, 0.2) is 40.9 Å². The highest BCUT2D eigenvalue weighted by atomic mass is 79.9. The summed E-state index contributed by atoms with van der Waals surface area (Å²) < 4.78 is 0.989. The van der Waals surface area contributed by atoms with Crippen LogP contribution in [0, 0.1) is 6.92 Å². The van der Waals surface area contributed by atoms with Gasteiger partial charge in [0, 0.05) is 36.2 Å². The van der Waals surface area contributed by atoms with Gasteiger partial charge in [-0.1, -0.05) is 28.1 Å². The molecule has 2 heterocycles. The van der Waals surface area contributed by atoms with Gasteiger partial charge in [0.15, 0.2) is 0 Å². The van der Waals surface area contributed by atoms with Gasteiger partial charge in [-0.05, 0) is 31.2 Å². The van der Waals surface area contributed by atoms with Gasteiger partial charge in [0.2, 0.25) is 5.91 Å².